The zero-order valence-electron chi connectivity index (χ0n) is 75.0. The van der Waals surface area contributed by atoms with Crippen molar-refractivity contribution in [3.63, 3.8) is 0 Å². The summed E-state index contributed by atoms with van der Waals surface area (Å²) in [6, 6.07) is 32.5. The highest BCUT2D eigenvalue weighted by Crippen LogP contribution is 2.38. The number of anilines is 4. The topological polar surface area (TPSA) is 332 Å². The second-order valence-corrected chi connectivity index (χ2v) is 37.7. The van der Waals surface area contributed by atoms with Crippen molar-refractivity contribution in [3.8, 4) is 11.5 Å². The number of urea groups is 5. The first kappa shape index (κ1) is 96.4. The maximum Gasteiger partial charge on any atom is 0.317 e. The minimum atomic E-state index is -3.56. The number of piperazine rings is 4. The molecule has 11 aliphatic rings. The van der Waals surface area contributed by atoms with Gasteiger partial charge in [-0.3, -0.25) is 19.9 Å². The van der Waals surface area contributed by atoms with E-state index in [1.165, 1.54) is 16.4 Å². The number of amides is 11. The third-order valence-electron chi connectivity index (χ3n) is 26.4. The Hall–Kier alpha value is -9.66. The van der Waals surface area contributed by atoms with Crippen LogP contribution in [0, 0.1) is 10.1 Å². The Balaban J connectivity index is 0.000000144. The van der Waals surface area contributed by atoms with E-state index in [4.69, 9.17) is 32.7 Å². The molecule has 0 bridgehead atoms. The second-order valence-electron chi connectivity index (χ2n) is 35.0. The van der Waals surface area contributed by atoms with Crippen LogP contribution in [-0.2, 0) is 14.8 Å². The zero-order chi connectivity index (χ0) is 90.2. The predicted octanol–water partition coefficient (Wildman–Crippen LogP) is 7.48. The van der Waals surface area contributed by atoms with Gasteiger partial charge in [0, 0.05) is 184 Å². The third kappa shape index (κ3) is 26.8. The fourth-order valence-electron chi connectivity index (χ4n) is 18.1. The molecular formula is C89H133Cl2N23O12S. The molecule has 11 amide bonds. The molecule has 4 aromatic carbocycles. The van der Waals surface area contributed by atoms with Gasteiger partial charge in [0.1, 0.15) is 17.0 Å². The molecule has 1 spiro atoms. The molecule has 0 aliphatic carbocycles. The Kier molecular flexibility index (Phi) is 35.3. The van der Waals surface area contributed by atoms with Crippen LogP contribution in [-0.4, -0.2) is 383 Å². The van der Waals surface area contributed by atoms with Gasteiger partial charge in [-0.15, -0.1) is 0 Å². The molecule has 11 saturated heterocycles. The van der Waals surface area contributed by atoms with Gasteiger partial charge >= 0.3 is 30.2 Å². The SMILES string of the molecule is CN1CCC(NC(=O)N2CCC3(CC2)C(=O)NCN3c2ccccc2)CC1.CN1CCC(NC(=O)N2CCN(c3c(Cl)cncc3Cl)CC2)CC1.CN1CCC(NC(=O)N2CCN(c3ccc([N+](=O)[O-])cc3)CC2)CC1.COc1ccc(S(=O)(=O)N2CCN(C(=O)NC3CCN(C)CC3)CC2)cc1.COc1ccccc1N1CCN(C(=O)NC2CCN(C)CC2)CC1. The Bertz CT molecular complexity index is 4440. The number of nitrogens with one attached hydrogen (secondary N) is 6. The highest BCUT2D eigenvalue weighted by atomic mass is 35.5. The number of rotatable bonds is 14. The van der Waals surface area contributed by atoms with Crippen molar-refractivity contribution in [2.75, 3.05) is 259 Å². The van der Waals surface area contributed by atoms with Gasteiger partial charge in [0.25, 0.3) is 5.69 Å². The summed E-state index contributed by atoms with van der Waals surface area (Å²) in [5.74, 6) is 1.59. The van der Waals surface area contributed by atoms with Crippen molar-refractivity contribution in [1.29, 1.82) is 0 Å². The van der Waals surface area contributed by atoms with Gasteiger partial charge in [-0.05, 0) is 238 Å². The largest absolute Gasteiger partial charge is 0.497 e. The number of carbonyl (C=O) groups excluding carboxylic acids is 6. The monoisotopic (exact) mass is 1820 g/mol. The van der Waals surface area contributed by atoms with Crippen molar-refractivity contribution in [3.05, 3.63) is 136 Å². The quantitative estimate of drug-likeness (QED) is 0.0463. The lowest BCUT2D eigenvalue weighted by Crippen LogP contribution is -2.59. The molecular weight excluding hydrogens is 1690 g/mol. The van der Waals surface area contributed by atoms with Crippen LogP contribution in [0.5, 0.6) is 11.5 Å². The first-order valence-corrected chi connectivity index (χ1v) is 47.3. The number of sulfonamides is 1. The van der Waals surface area contributed by atoms with Gasteiger partial charge in [-0.25, -0.2) is 32.4 Å². The molecule has 35 nitrogen and oxygen atoms in total. The number of halogens is 2. The average Bonchev–Trinajstić information content (AvgIpc) is 1.62. The van der Waals surface area contributed by atoms with Crippen LogP contribution >= 0.6 is 23.2 Å². The van der Waals surface area contributed by atoms with Crippen LogP contribution in [0.3, 0.4) is 0 Å². The first-order valence-electron chi connectivity index (χ1n) is 45.1. The first-order chi connectivity index (χ1) is 61.2. The Labute approximate surface area is 759 Å². The molecule has 0 radical (unpaired) electrons. The molecule has 38 heteroatoms. The van der Waals surface area contributed by atoms with Gasteiger partial charge in [0.15, 0.2) is 0 Å². The smallest absolute Gasteiger partial charge is 0.317 e. The number of carbonyl (C=O) groups is 6. The summed E-state index contributed by atoms with van der Waals surface area (Å²) >= 11 is 12.4. The molecule has 1 aromatic heterocycles. The summed E-state index contributed by atoms with van der Waals surface area (Å²) in [6.07, 6.45) is 14.6. The number of piperidine rings is 6. The van der Waals surface area contributed by atoms with E-state index in [9.17, 15) is 47.3 Å². The molecule has 0 saturated carbocycles. The van der Waals surface area contributed by atoms with E-state index in [1.807, 2.05) is 68.1 Å². The van der Waals surface area contributed by atoms with Crippen molar-refractivity contribution in [2.45, 2.75) is 118 Å². The van der Waals surface area contributed by atoms with E-state index in [1.54, 1.807) is 67.9 Å². The zero-order valence-corrected chi connectivity index (χ0v) is 77.3. The van der Waals surface area contributed by atoms with Crippen molar-refractivity contribution in [2.24, 2.45) is 0 Å². The highest BCUT2D eigenvalue weighted by molar-refractivity contribution is 7.89. The van der Waals surface area contributed by atoms with Gasteiger partial charge in [0.2, 0.25) is 15.9 Å². The number of nitro groups is 1. The Morgan fingerprint density at radius 3 is 1.17 bits per heavy atom. The minimum absolute atomic E-state index is 0.0177. The number of likely N-dealkylation sites (tertiary alicyclic amines) is 6. The normalized spacial score (nSPS) is 20.9. The number of benzene rings is 4. The van der Waals surface area contributed by atoms with E-state index in [-0.39, 0.29) is 70.8 Å². The summed E-state index contributed by atoms with van der Waals surface area (Å²) in [5.41, 5.74) is 3.49. The van der Waals surface area contributed by atoms with Crippen LogP contribution in [0.1, 0.15) is 77.0 Å². The summed E-state index contributed by atoms with van der Waals surface area (Å²) in [5, 5.41) is 30.6. The number of ether oxygens (including phenoxy) is 2. The predicted molar refractivity (Wildman–Crippen MR) is 496 cm³/mol. The van der Waals surface area contributed by atoms with Gasteiger partial charge in [-0.1, -0.05) is 53.5 Å². The second kappa shape index (κ2) is 46.6. The van der Waals surface area contributed by atoms with Gasteiger partial charge < -0.3 is 110 Å². The van der Waals surface area contributed by atoms with E-state index in [0.29, 0.717) is 120 Å². The van der Waals surface area contributed by atoms with Crippen molar-refractivity contribution < 1.29 is 51.6 Å². The minimum Gasteiger partial charge on any atom is -0.497 e. The maximum atomic E-state index is 12.8. The third-order valence-corrected chi connectivity index (χ3v) is 28.9. The molecule has 11 fully saturated rings. The molecule has 6 N–H and O–H groups in total. The van der Waals surface area contributed by atoms with E-state index in [2.05, 4.69) is 122 Å². The lowest BCUT2D eigenvalue weighted by atomic mass is 9.85. The molecule has 0 atom stereocenters. The molecule has 127 heavy (non-hydrogen) atoms. The Morgan fingerprint density at radius 2 is 0.787 bits per heavy atom. The number of pyridine rings is 1. The van der Waals surface area contributed by atoms with Gasteiger partial charge in [-0.2, -0.15) is 4.31 Å². The van der Waals surface area contributed by atoms with Crippen LogP contribution in [0.15, 0.2) is 120 Å². The standard InChI is InChI=1S/C20H29N5O2.C18H28N4O4S.C18H28N4O2.C17H25N5O3.C16H23Cl2N5O/c1-23-11-7-16(8-12-23)22-19(27)24-13-9-20(10-14-24)18(26)21-15-25(20)17-5-3-2-4-6-17;1-20-9-7-15(8-10-20)19-18(23)21-11-13-22(14-12-21)27(24,25)17-5-3-16(26-2)4-6-17;1-20-9-7-15(8-10-20)19-18(23)22-13-11-21(12-14-22)16-5-3-4-6-17(16)24-2;1-19-8-6-14(7-9-19)18-17(23)21-12-10-20(11-13-21)15-2-4-16(5-3-15)22(24)25;1-21-4-2-12(3-5-21)20-16(24)23-8-6-22(7-9-23)15-13(17)10-19-11-14(15)18/h2-6,16H,7-15H2,1H3,(H,21,26)(H,22,27);3-6,15H,7-14H2,1-2H3,(H,19,23);3-6,15H,7-14H2,1-2H3,(H,19,23);2-5,14H,6-13H2,1H3,(H,18,23);10-12H,2-9H2,1H3,(H,20,24). The molecule has 696 valence electrons. The average molecular weight is 1820 g/mol. The molecule has 0 unspecified atom stereocenters. The summed E-state index contributed by atoms with van der Waals surface area (Å²) < 4.78 is 37.5. The molecule has 12 heterocycles. The summed E-state index contributed by atoms with van der Waals surface area (Å²) in [4.78, 5) is 119. The molecule has 11 aliphatic heterocycles. The number of nitrogens with zero attached hydrogens (tertiary/aromatic N) is 17. The number of para-hydroxylation sites is 3. The lowest BCUT2D eigenvalue weighted by molar-refractivity contribution is -0.384. The number of hydrogen-bond acceptors (Lipinski definition) is 22. The number of hydrogen-bond donors (Lipinski definition) is 6. The molecule has 16 rings (SSSR count). The van der Waals surface area contributed by atoms with Crippen LogP contribution < -0.4 is 61.0 Å². The van der Waals surface area contributed by atoms with Crippen molar-refractivity contribution in [1.82, 2.24) is 90.2 Å². The van der Waals surface area contributed by atoms with Crippen LogP contribution in [0.25, 0.3) is 0 Å². The number of aromatic nitrogens is 1. The number of nitro benzene ring substituents is 1. The van der Waals surface area contributed by atoms with E-state index >= 15 is 0 Å². The highest BCUT2D eigenvalue weighted by Gasteiger charge is 2.51. The molecule has 5 aromatic rings. The summed E-state index contributed by atoms with van der Waals surface area (Å²) in [7, 11) is 10.2. The van der Waals surface area contributed by atoms with Gasteiger partial charge in [0.05, 0.1) is 52.1 Å². The lowest BCUT2D eigenvalue weighted by Gasteiger charge is -2.43. The van der Waals surface area contributed by atoms with E-state index < -0.39 is 20.5 Å². The van der Waals surface area contributed by atoms with E-state index in [0.717, 1.165) is 197 Å². The number of methoxy groups -OCH3 is 2. The van der Waals surface area contributed by atoms with Crippen molar-refractivity contribution >= 4 is 97.7 Å². The fourth-order valence-corrected chi connectivity index (χ4v) is 20.1. The Morgan fingerprint density at radius 1 is 0.433 bits per heavy atom. The fraction of sp³-hybridized carbons (Fsp3) is 0.607. The number of non-ortho nitro benzene ring substituents is 1. The van der Waals surface area contributed by atoms with Crippen LogP contribution in [0.2, 0.25) is 10.0 Å². The maximum absolute atomic E-state index is 12.8. The van der Waals surface area contributed by atoms with Crippen LogP contribution in [0.4, 0.5) is 52.4 Å². The summed E-state index contributed by atoms with van der Waals surface area (Å²) in [6.45, 7) is 22.1.